The number of primary amides is 1. The summed E-state index contributed by atoms with van der Waals surface area (Å²) in [7, 11) is 0. The van der Waals surface area contributed by atoms with Crippen molar-refractivity contribution in [3.8, 4) is 0 Å². The van der Waals surface area contributed by atoms with Gasteiger partial charge in [-0.15, -0.1) is 0 Å². The molecular weight excluding hydrogens is 210 g/mol. The van der Waals surface area contributed by atoms with E-state index in [1.807, 2.05) is 18.2 Å². The summed E-state index contributed by atoms with van der Waals surface area (Å²) in [6.07, 6.45) is 1.62. The molecule has 0 aliphatic heterocycles. The SMILES string of the molecule is NC(=O)N/N=C/CSCc1ccccc1. The maximum absolute atomic E-state index is 10.2. The van der Waals surface area contributed by atoms with Gasteiger partial charge in [-0.3, -0.25) is 0 Å². The third-order valence-corrected chi connectivity index (χ3v) is 2.49. The van der Waals surface area contributed by atoms with E-state index < -0.39 is 6.03 Å². The average molecular weight is 223 g/mol. The van der Waals surface area contributed by atoms with Crippen LogP contribution < -0.4 is 11.2 Å². The molecule has 1 aromatic carbocycles. The number of hydrazone groups is 1. The van der Waals surface area contributed by atoms with Gasteiger partial charge in [0.05, 0.1) is 0 Å². The van der Waals surface area contributed by atoms with Crippen LogP contribution in [0.15, 0.2) is 35.4 Å². The van der Waals surface area contributed by atoms with Crippen LogP contribution in [-0.2, 0) is 5.75 Å². The molecule has 4 nitrogen and oxygen atoms in total. The van der Waals surface area contributed by atoms with E-state index in [-0.39, 0.29) is 0 Å². The number of hydrogen-bond acceptors (Lipinski definition) is 3. The van der Waals surface area contributed by atoms with E-state index in [1.165, 1.54) is 5.56 Å². The van der Waals surface area contributed by atoms with Gasteiger partial charge in [-0.25, -0.2) is 10.2 Å². The van der Waals surface area contributed by atoms with Crippen molar-refractivity contribution in [1.29, 1.82) is 0 Å². The summed E-state index contributed by atoms with van der Waals surface area (Å²) in [5.74, 6) is 1.68. The van der Waals surface area contributed by atoms with Crippen LogP contribution >= 0.6 is 11.8 Å². The fraction of sp³-hybridized carbons (Fsp3) is 0.200. The first-order valence-electron chi connectivity index (χ1n) is 4.47. The van der Waals surface area contributed by atoms with E-state index in [1.54, 1.807) is 18.0 Å². The molecule has 1 rings (SSSR count). The second-order valence-corrected chi connectivity index (χ2v) is 3.82. The molecule has 80 valence electrons. The molecule has 0 atom stereocenters. The number of thioether (sulfide) groups is 1. The molecule has 0 bridgehead atoms. The predicted molar refractivity (Wildman–Crippen MR) is 63.8 cm³/mol. The molecular formula is C10H13N3OS. The standard InChI is InChI=1S/C10H13N3OS/c11-10(14)13-12-6-7-15-8-9-4-2-1-3-5-9/h1-6H,7-8H2,(H3,11,13,14)/b12-6+. The van der Waals surface area contributed by atoms with Gasteiger partial charge in [-0.1, -0.05) is 30.3 Å². The average Bonchev–Trinajstić information content (AvgIpc) is 2.24. The quantitative estimate of drug-likeness (QED) is 0.452. The molecule has 0 spiro atoms. The van der Waals surface area contributed by atoms with Gasteiger partial charge in [0.2, 0.25) is 0 Å². The lowest BCUT2D eigenvalue weighted by molar-refractivity contribution is 0.249. The maximum Gasteiger partial charge on any atom is 0.332 e. The molecule has 0 heterocycles. The summed E-state index contributed by atoms with van der Waals surface area (Å²) in [5, 5.41) is 3.63. The van der Waals surface area contributed by atoms with Gasteiger partial charge in [0, 0.05) is 17.7 Å². The molecule has 2 amide bonds. The van der Waals surface area contributed by atoms with Crippen molar-refractivity contribution in [2.75, 3.05) is 5.75 Å². The molecule has 0 radical (unpaired) electrons. The number of hydrogen-bond donors (Lipinski definition) is 2. The highest BCUT2D eigenvalue weighted by Crippen LogP contribution is 2.09. The Balaban J connectivity index is 2.12. The minimum atomic E-state index is -0.640. The van der Waals surface area contributed by atoms with E-state index in [2.05, 4.69) is 22.7 Å². The first-order valence-corrected chi connectivity index (χ1v) is 5.63. The van der Waals surface area contributed by atoms with Crippen molar-refractivity contribution in [2.24, 2.45) is 10.8 Å². The molecule has 3 N–H and O–H groups in total. The summed E-state index contributed by atoms with van der Waals surface area (Å²) in [4.78, 5) is 10.2. The molecule has 5 heteroatoms. The number of carbonyl (C=O) groups excluding carboxylic acids is 1. The van der Waals surface area contributed by atoms with Crippen LogP contribution in [0.2, 0.25) is 0 Å². The second kappa shape index (κ2) is 6.89. The zero-order valence-corrected chi connectivity index (χ0v) is 9.04. The summed E-state index contributed by atoms with van der Waals surface area (Å²) in [5.41, 5.74) is 8.24. The van der Waals surface area contributed by atoms with Gasteiger partial charge in [-0.2, -0.15) is 16.9 Å². The normalized spacial score (nSPS) is 10.4. The smallest absolute Gasteiger partial charge is 0.332 e. The Kier molecular flexibility index (Phi) is 5.32. The van der Waals surface area contributed by atoms with Crippen molar-refractivity contribution < 1.29 is 4.79 Å². The lowest BCUT2D eigenvalue weighted by Crippen LogP contribution is -2.24. The predicted octanol–water partition coefficient (Wildman–Crippen LogP) is 1.57. The fourth-order valence-corrected chi connectivity index (χ4v) is 1.68. The topological polar surface area (TPSA) is 67.5 Å². The first-order chi connectivity index (χ1) is 7.29. The Hall–Kier alpha value is -1.49. The summed E-state index contributed by atoms with van der Waals surface area (Å²) in [6, 6.07) is 9.53. The third kappa shape index (κ3) is 5.74. The Bertz CT molecular complexity index is 327. The molecule has 0 aromatic heterocycles. The highest BCUT2D eigenvalue weighted by molar-refractivity contribution is 7.99. The summed E-state index contributed by atoms with van der Waals surface area (Å²) in [6.45, 7) is 0. The number of nitrogens with one attached hydrogen (secondary N) is 1. The summed E-state index contributed by atoms with van der Waals surface area (Å²) >= 11 is 1.72. The largest absolute Gasteiger partial charge is 0.350 e. The van der Waals surface area contributed by atoms with Gasteiger partial charge >= 0.3 is 6.03 Å². The van der Waals surface area contributed by atoms with Gasteiger partial charge in [0.25, 0.3) is 0 Å². The van der Waals surface area contributed by atoms with Crippen molar-refractivity contribution in [2.45, 2.75) is 5.75 Å². The van der Waals surface area contributed by atoms with Crippen molar-refractivity contribution >= 4 is 24.0 Å². The van der Waals surface area contributed by atoms with Gasteiger partial charge in [-0.05, 0) is 5.56 Å². The van der Waals surface area contributed by atoms with Crippen molar-refractivity contribution in [3.05, 3.63) is 35.9 Å². The lowest BCUT2D eigenvalue weighted by atomic mass is 10.2. The lowest BCUT2D eigenvalue weighted by Gasteiger charge is -1.97. The van der Waals surface area contributed by atoms with E-state index in [4.69, 9.17) is 5.73 Å². The van der Waals surface area contributed by atoms with E-state index >= 15 is 0 Å². The van der Waals surface area contributed by atoms with Crippen LogP contribution in [0.5, 0.6) is 0 Å². The second-order valence-electron chi connectivity index (χ2n) is 2.79. The van der Waals surface area contributed by atoms with Gasteiger partial charge in [0.15, 0.2) is 0 Å². The van der Waals surface area contributed by atoms with Crippen molar-refractivity contribution in [1.82, 2.24) is 5.43 Å². The highest BCUT2D eigenvalue weighted by Gasteiger charge is 1.90. The van der Waals surface area contributed by atoms with E-state index in [9.17, 15) is 4.79 Å². The number of urea groups is 1. The number of carbonyl (C=O) groups is 1. The third-order valence-electron chi connectivity index (χ3n) is 1.57. The van der Waals surface area contributed by atoms with Crippen molar-refractivity contribution in [3.63, 3.8) is 0 Å². The first kappa shape index (κ1) is 11.6. The number of benzene rings is 1. The number of amides is 2. The number of rotatable bonds is 5. The molecule has 0 saturated carbocycles. The Labute approximate surface area is 92.9 Å². The van der Waals surface area contributed by atoms with E-state index in [0.717, 1.165) is 11.5 Å². The maximum atomic E-state index is 10.2. The minimum absolute atomic E-state index is 0.640. The Morgan fingerprint density at radius 1 is 1.47 bits per heavy atom. The molecule has 0 aliphatic carbocycles. The van der Waals surface area contributed by atoms with Crippen LogP contribution in [-0.4, -0.2) is 18.0 Å². The Morgan fingerprint density at radius 2 is 2.20 bits per heavy atom. The number of nitrogens with zero attached hydrogens (tertiary/aromatic N) is 1. The van der Waals surface area contributed by atoms with Gasteiger partial charge < -0.3 is 5.73 Å². The van der Waals surface area contributed by atoms with Crippen LogP contribution in [0.1, 0.15) is 5.56 Å². The molecule has 1 aromatic rings. The van der Waals surface area contributed by atoms with E-state index in [0.29, 0.717) is 0 Å². The monoisotopic (exact) mass is 223 g/mol. The minimum Gasteiger partial charge on any atom is -0.350 e. The van der Waals surface area contributed by atoms with Crippen LogP contribution in [0.3, 0.4) is 0 Å². The fourth-order valence-electron chi connectivity index (χ4n) is 0.950. The van der Waals surface area contributed by atoms with Crippen LogP contribution in [0, 0.1) is 0 Å². The van der Waals surface area contributed by atoms with Gasteiger partial charge in [0.1, 0.15) is 0 Å². The molecule has 0 aliphatic rings. The molecule has 0 saturated heterocycles. The zero-order valence-electron chi connectivity index (χ0n) is 8.22. The molecule has 0 fully saturated rings. The number of nitrogens with two attached hydrogens (primary N) is 1. The highest BCUT2D eigenvalue weighted by atomic mass is 32.2. The summed E-state index contributed by atoms with van der Waals surface area (Å²) < 4.78 is 0. The molecule has 0 unspecified atom stereocenters. The van der Waals surface area contributed by atoms with Crippen LogP contribution in [0.25, 0.3) is 0 Å². The van der Waals surface area contributed by atoms with Crippen LogP contribution in [0.4, 0.5) is 4.79 Å². The zero-order chi connectivity index (χ0) is 10.9. The Morgan fingerprint density at radius 3 is 2.87 bits per heavy atom. The molecule has 15 heavy (non-hydrogen) atoms.